The van der Waals surface area contributed by atoms with E-state index in [0.29, 0.717) is 30.9 Å². The molecular weight excluding hydrogens is 573 g/mol. The van der Waals surface area contributed by atoms with Crippen molar-refractivity contribution in [1.82, 2.24) is 15.1 Å². The van der Waals surface area contributed by atoms with Crippen molar-refractivity contribution in [3.8, 4) is 6.19 Å². The average molecular weight is 602 g/mol. The van der Waals surface area contributed by atoms with E-state index in [-0.39, 0.29) is 40.4 Å². The van der Waals surface area contributed by atoms with Gasteiger partial charge in [0.25, 0.3) is 0 Å². The van der Waals surface area contributed by atoms with Crippen LogP contribution in [-0.4, -0.2) is 72.3 Å². The number of benzene rings is 2. The molecule has 4 rings (SSSR count). The van der Waals surface area contributed by atoms with Gasteiger partial charge >= 0.3 is 5.97 Å². The SMILES string of the molecule is N#C/N=C(\CC[C@H](CC(=O)c1c(Cl)cc(C(O)CC(O)c2ccc3cn[nH]c3c2)cc1Cl)C(=O)O)N1CC[C@H](O)C1. The Morgan fingerprint density at radius 3 is 2.51 bits per heavy atom. The number of aromatic amines is 1. The number of carbonyl (C=O) groups excluding carboxylic acids is 1. The first kappa shape index (κ1) is 30.4. The van der Waals surface area contributed by atoms with E-state index in [2.05, 4.69) is 15.2 Å². The first-order chi connectivity index (χ1) is 19.6. The predicted octanol–water partition coefficient (Wildman–Crippen LogP) is 4.03. The largest absolute Gasteiger partial charge is 0.481 e. The van der Waals surface area contributed by atoms with Gasteiger partial charge in [0, 0.05) is 37.7 Å². The van der Waals surface area contributed by atoms with E-state index in [0.717, 1.165) is 10.9 Å². The van der Waals surface area contributed by atoms with Gasteiger partial charge in [-0.15, -0.1) is 0 Å². The molecule has 0 bridgehead atoms. The number of aliphatic carboxylic acids is 1. The number of rotatable bonds is 11. The third-order valence-corrected chi connectivity index (χ3v) is 7.83. The number of β-amino-alcohol motifs (C(OH)–C–C–N with tert-alkyl or cyclic N) is 1. The van der Waals surface area contributed by atoms with Crippen molar-refractivity contribution in [2.45, 2.75) is 50.4 Å². The molecule has 0 amide bonds. The monoisotopic (exact) mass is 601 g/mol. The Morgan fingerprint density at radius 2 is 1.88 bits per heavy atom. The molecule has 1 aromatic heterocycles. The lowest BCUT2D eigenvalue weighted by Gasteiger charge is -2.21. The third kappa shape index (κ3) is 7.41. The molecule has 0 radical (unpaired) electrons. The highest BCUT2D eigenvalue weighted by atomic mass is 35.5. The van der Waals surface area contributed by atoms with Gasteiger partial charge in [-0.2, -0.15) is 15.4 Å². The molecule has 2 unspecified atom stereocenters. The summed E-state index contributed by atoms with van der Waals surface area (Å²) in [4.78, 5) is 30.6. The minimum absolute atomic E-state index is 0.0302. The second-order valence-electron chi connectivity index (χ2n) is 10.1. The van der Waals surface area contributed by atoms with Crippen LogP contribution in [0, 0.1) is 17.4 Å². The van der Waals surface area contributed by atoms with E-state index in [1.54, 1.807) is 35.5 Å². The van der Waals surface area contributed by atoms with E-state index in [1.165, 1.54) is 12.1 Å². The lowest BCUT2D eigenvalue weighted by molar-refractivity contribution is -0.141. The molecule has 216 valence electrons. The number of aliphatic imine (C=N–C) groups is 1. The van der Waals surface area contributed by atoms with E-state index in [9.17, 15) is 30.0 Å². The number of likely N-dealkylation sites (tertiary alicyclic amines) is 1. The minimum atomic E-state index is -1.20. The molecule has 5 N–H and O–H groups in total. The molecule has 41 heavy (non-hydrogen) atoms. The summed E-state index contributed by atoms with van der Waals surface area (Å²) in [6.45, 7) is 0.801. The Labute approximate surface area is 245 Å². The van der Waals surface area contributed by atoms with E-state index in [4.69, 9.17) is 28.5 Å². The molecule has 4 atom stereocenters. The van der Waals surface area contributed by atoms with Gasteiger partial charge in [-0.05, 0) is 42.2 Å². The topological polar surface area (TPSA) is 183 Å². The predicted molar refractivity (Wildman–Crippen MR) is 152 cm³/mol. The highest BCUT2D eigenvalue weighted by molar-refractivity contribution is 6.40. The maximum atomic E-state index is 13.1. The number of aliphatic hydroxyl groups excluding tert-OH is 3. The van der Waals surface area contributed by atoms with E-state index < -0.39 is 42.4 Å². The molecular formula is C28H29Cl2N5O6. The standard InChI is InChI=1S/C28H29Cl2N5O6/c29-20-7-18(24(38)11-23(37)15-1-2-17-12-33-34-22(17)9-15)8-21(30)27(20)25(39)10-16(28(40)41)3-4-26(32-14-31)35-6-5-19(36)13-35/h1-2,7-9,12,16,19,23-24,36-38H,3-6,10-11,13H2,(H,33,34)(H,40,41)/b32-26+/t16-,19+,23?,24?/m1/s1. The zero-order chi connectivity index (χ0) is 29.7. The molecule has 2 heterocycles. The number of carboxylic acid groups (broad SMARTS) is 1. The molecule has 1 aliphatic heterocycles. The lowest BCUT2D eigenvalue weighted by Crippen LogP contribution is -2.30. The van der Waals surface area contributed by atoms with Crippen molar-refractivity contribution < 1.29 is 30.0 Å². The number of H-pyrrole nitrogens is 1. The number of fused-ring (bicyclic) bond motifs is 1. The summed E-state index contributed by atoms with van der Waals surface area (Å²) in [6.07, 6.45) is 0.879. The highest BCUT2D eigenvalue weighted by Gasteiger charge is 2.29. The summed E-state index contributed by atoms with van der Waals surface area (Å²) < 4.78 is 0. The van der Waals surface area contributed by atoms with Gasteiger partial charge in [-0.1, -0.05) is 35.3 Å². The quantitative estimate of drug-likeness (QED) is 0.0936. The van der Waals surface area contributed by atoms with Crippen LogP contribution in [0.5, 0.6) is 0 Å². The molecule has 0 saturated carbocycles. The number of aliphatic hydroxyl groups is 3. The van der Waals surface area contributed by atoms with E-state index in [1.807, 2.05) is 0 Å². The van der Waals surface area contributed by atoms with Crippen molar-refractivity contribution >= 4 is 51.7 Å². The molecule has 11 nitrogen and oxygen atoms in total. The van der Waals surface area contributed by atoms with Gasteiger partial charge in [-0.3, -0.25) is 14.7 Å². The van der Waals surface area contributed by atoms with Crippen LogP contribution in [-0.2, 0) is 4.79 Å². The summed E-state index contributed by atoms with van der Waals surface area (Å²) >= 11 is 12.8. The number of hydrogen-bond acceptors (Lipinski definition) is 8. The molecule has 13 heteroatoms. The van der Waals surface area contributed by atoms with Crippen molar-refractivity contribution in [2.24, 2.45) is 10.9 Å². The Balaban J connectivity index is 1.42. The van der Waals surface area contributed by atoms with Crippen LogP contribution in [0.15, 0.2) is 41.5 Å². The van der Waals surface area contributed by atoms with Gasteiger partial charge in [0.1, 0.15) is 5.84 Å². The van der Waals surface area contributed by atoms with Crippen LogP contribution in [0.4, 0.5) is 0 Å². The van der Waals surface area contributed by atoms with Crippen molar-refractivity contribution in [3.63, 3.8) is 0 Å². The molecule has 0 spiro atoms. The molecule has 0 aliphatic carbocycles. The lowest BCUT2D eigenvalue weighted by atomic mass is 9.92. The Bertz CT molecular complexity index is 1480. The van der Waals surface area contributed by atoms with Crippen LogP contribution in [0.25, 0.3) is 10.9 Å². The van der Waals surface area contributed by atoms with Gasteiger partial charge in [0.15, 0.2) is 5.78 Å². The zero-order valence-corrected chi connectivity index (χ0v) is 23.4. The Morgan fingerprint density at radius 1 is 1.17 bits per heavy atom. The Kier molecular flexibility index (Phi) is 9.96. The summed E-state index contributed by atoms with van der Waals surface area (Å²) in [7, 11) is 0. The van der Waals surface area contributed by atoms with Crippen molar-refractivity contribution in [1.29, 1.82) is 5.26 Å². The fourth-order valence-electron chi connectivity index (χ4n) is 4.96. The first-order valence-electron chi connectivity index (χ1n) is 13.0. The van der Waals surface area contributed by atoms with Crippen molar-refractivity contribution in [3.05, 3.63) is 63.3 Å². The second kappa shape index (κ2) is 13.4. The second-order valence-corrected chi connectivity index (χ2v) is 10.9. The van der Waals surface area contributed by atoms with Gasteiger partial charge < -0.3 is 25.3 Å². The number of halogens is 2. The summed E-state index contributed by atoms with van der Waals surface area (Å²) in [5, 5.41) is 57.6. The maximum absolute atomic E-state index is 13.1. The number of nitrogens with one attached hydrogen (secondary N) is 1. The Hall–Kier alpha value is -3.53. The van der Waals surface area contributed by atoms with Crippen LogP contribution in [0.3, 0.4) is 0 Å². The fourth-order valence-corrected chi connectivity index (χ4v) is 5.67. The summed E-state index contributed by atoms with van der Waals surface area (Å²) in [5.74, 6) is -2.52. The number of aromatic nitrogens is 2. The first-order valence-corrected chi connectivity index (χ1v) is 13.8. The highest BCUT2D eigenvalue weighted by Crippen LogP contribution is 2.35. The van der Waals surface area contributed by atoms with Gasteiger partial charge in [-0.25, -0.2) is 0 Å². The smallest absolute Gasteiger partial charge is 0.306 e. The number of carbonyl (C=O) groups is 2. The molecule has 1 fully saturated rings. The van der Waals surface area contributed by atoms with Crippen LogP contribution in [0.2, 0.25) is 10.0 Å². The molecule has 1 saturated heterocycles. The van der Waals surface area contributed by atoms with Crippen molar-refractivity contribution in [2.75, 3.05) is 13.1 Å². The number of nitriles is 1. The molecule has 1 aliphatic rings. The molecule has 3 aromatic rings. The molecule has 2 aromatic carbocycles. The van der Waals surface area contributed by atoms with Crippen LogP contribution in [0.1, 0.15) is 65.8 Å². The van der Waals surface area contributed by atoms with Gasteiger partial charge in [0.2, 0.25) is 6.19 Å². The summed E-state index contributed by atoms with van der Waals surface area (Å²) in [6, 6.07) is 8.03. The number of ketones is 1. The number of carboxylic acids is 1. The minimum Gasteiger partial charge on any atom is -0.481 e. The maximum Gasteiger partial charge on any atom is 0.306 e. The fraction of sp³-hybridized carbons (Fsp3) is 0.393. The number of nitrogens with zero attached hydrogens (tertiary/aromatic N) is 4. The number of amidine groups is 1. The number of hydrogen-bond donors (Lipinski definition) is 5. The normalized spacial score (nSPS) is 17.8. The van der Waals surface area contributed by atoms with E-state index >= 15 is 0 Å². The number of Topliss-reactive ketones (excluding diaryl/α,β-unsaturated/α-hetero) is 1. The zero-order valence-electron chi connectivity index (χ0n) is 21.9. The third-order valence-electron chi connectivity index (χ3n) is 7.23. The summed E-state index contributed by atoms with van der Waals surface area (Å²) in [5.41, 5.74) is 1.55. The van der Waals surface area contributed by atoms with Crippen LogP contribution < -0.4 is 0 Å². The van der Waals surface area contributed by atoms with Crippen LogP contribution >= 0.6 is 23.2 Å². The average Bonchev–Trinajstić information content (AvgIpc) is 3.57. The van der Waals surface area contributed by atoms with Gasteiger partial charge in [0.05, 0.1) is 51.6 Å².